The summed E-state index contributed by atoms with van der Waals surface area (Å²) in [6, 6.07) is 1.81. The molecule has 2 heterocycles. The van der Waals surface area contributed by atoms with Gasteiger partial charge in [-0.1, -0.05) is 20.8 Å². The van der Waals surface area contributed by atoms with Gasteiger partial charge in [0.05, 0.1) is 5.01 Å². The number of nitrogens with zero attached hydrogens (tertiary/aromatic N) is 3. The first kappa shape index (κ1) is 15.7. The SMILES string of the molecule is Cc1csc(CCNc2cc(NN)nc(C(C)(C)C)n2)n1. The Morgan fingerprint density at radius 1 is 1.19 bits per heavy atom. The maximum atomic E-state index is 5.48. The molecular formula is C14H22N6S. The zero-order valence-electron chi connectivity index (χ0n) is 12.9. The standard InChI is InChI=1S/C14H22N6S/c1-9-8-21-12(17-9)5-6-16-10-7-11(20-15)19-13(18-10)14(2,3)4/h7-8H,5-6,15H2,1-4H3,(H2,16,18,19,20). The molecular weight excluding hydrogens is 284 g/mol. The number of nitrogen functional groups attached to an aromatic ring is 1. The molecule has 0 aliphatic rings. The minimum Gasteiger partial charge on any atom is -0.369 e. The first-order chi connectivity index (χ1) is 9.88. The average molecular weight is 306 g/mol. The van der Waals surface area contributed by atoms with Crippen molar-refractivity contribution in [1.82, 2.24) is 15.0 Å². The lowest BCUT2D eigenvalue weighted by molar-refractivity contribution is 0.546. The van der Waals surface area contributed by atoms with Crippen LogP contribution in [-0.2, 0) is 11.8 Å². The van der Waals surface area contributed by atoms with E-state index in [4.69, 9.17) is 5.84 Å². The molecule has 0 atom stereocenters. The fraction of sp³-hybridized carbons (Fsp3) is 0.500. The Balaban J connectivity index is 2.05. The topological polar surface area (TPSA) is 88.8 Å². The molecule has 114 valence electrons. The van der Waals surface area contributed by atoms with Crippen LogP contribution in [-0.4, -0.2) is 21.5 Å². The Hall–Kier alpha value is -1.73. The van der Waals surface area contributed by atoms with E-state index in [1.54, 1.807) is 11.3 Å². The normalized spacial score (nSPS) is 11.5. The van der Waals surface area contributed by atoms with Crippen LogP contribution in [0.2, 0.25) is 0 Å². The van der Waals surface area contributed by atoms with E-state index >= 15 is 0 Å². The largest absolute Gasteiger partial charge is 0.369 e. The highest BCUT2D eigenvalue weighted by Crippen LogP contribution is 2.22. The summed E-state index contributed by atoms with van der Waals surface area (Å²) in [6.07, 6.45) is 0.874. The molecule has 0 spiro atoms. The van der Waals surface area contributed by atoms with E-state index in [0.717, 1.165) is 35.3 Å². The van der Waals surface area contributed by atoms with Crippen LogP contribution in [0.25, 0.3) is 0 Å². The molecule has 0 aliphatic heterocycles. The molecule has 4 N–H and O–H groups in total. The third-order valence-corrected chi connectivity index (χ3v) is 3.88. The summed E-state index contributed by atoms with van der Waals surface area (Å²) >= 11 is 1.68. The summed E-state index contributed by atoms with van der Waals surface area (Å²) in [5.74, 6) is 7.62. The number of hydrazine groups is 1. The van der Waals surface area contributed by atoms with E-state index in [1.807, 2.05) is 13.0 Å². The minimum atomic E-state index is -0.129. The summed E-state index contributed by atoms with van der Waals surface area (Å²) in [5, 5.41) is 6.50. The van der Waals surface area contributed by atoms with Crippen molar-refractivity contribution in [1.29, 1.82) is 0 Å². The molecule has 0 aromatic carbocycles. The van der Waals surface area contributed by atoms with Gasteiger partial charge in [-0.2, -0.15) is 0 Å². The molecule has 2 aromatic rings. The number of aryl methyl sites for hydroxylation is 1. The van der Waals surface area contributed by atoms with Crippen molar-refractivity contribution in [2.24, 2.45) is 5.84 Å². The molecule has 0 amide bonds. The van der Waals surface area contributed by atoms with Crippen LogP contribution in [0.15, 0.2) is 11.4 Å². The Kier molecular flexibility index (Phi) is 4.74. The molecule has 21 heavy (non-hydrogen) atoms. The average Bonchev–Trinajstić information content (AvgIpc) is 2.83. The van der Waals surface area contributed by atoms with Gasteiger partial charge < -0.3 is 10.7 Å². The first-order valence-corrected chi connectivity index (χ1v) is 7.77. The van der Waals surface area contributed by atoms with Crippen molar-refractivity contribution in [3.63, 3.8) is 0 Å². The van der Waals surface area contributed by atoms with Gasteiger partial charge >= 0.3 is 0 Å². The number of nitrogens with one attached hydrogen (secondary N) is 2. The van der Waals surface area contributed by atoms with E-state index in [-0.39, 0.29) is 5.41 Å². The van der Waals surface area contributed by atoms with Gasteiger partial charge in [0.15, 0.2) is 0 Å². The van der Waals surface area contributed by atoms with E-state index in [9.17, 15) is 0 Å². The Labute approximate surface area is 129 Å². The highest BCUT2D eigenvalue weighted by atomic mass is 32.1. The molecule has 6 nitrogen and oxygen atoms in total. The third-order valence-electron chi connectivity index (χ3n) is 2.86. The Morgan fingerprint density at radius 3 is 2.48 bits per heavy atom. The third kappa shape index (κ3) is 4.37. The van der Waals surface area contributed by atoms with Crippen molar-refractivity contribution in [3.8, 4) is 0 Å². The number of aromatic nitrogens is 3. The van der Waals surface area contributed by atoms with E-state index in [1.165, 1.54) is 0 Å². The van der Waals surface area contributed by atoms with Crippen LogP contribution in [0.1, 0.15) is 37.3 Å². The van der Waals surface area contributed by atoms with Crippen molar-refractivity contribution >= 4 is 23.0 Å². The lowest BCUT2D eigenvalue weighted by Gasteiger charge is -2.18. The maximum absolute atomic E-state index is 5.48. The molecule has 2 rings (SSSR count). The summed E-state index contributed by atoms with van der Waals surface area (Å²) in [4.78, 5) is 13.4. The van der Waals surface area contributed by atoms with Gasteiger partial charge in [0, 0.05) is 35.5 Å². The highest BCUT2D eigenvalue weighted by Gasteiger charge is 2.19. The highest BCUT2D eigenvalue weighted by molar-refractivity contribution is 7.09. The van der Waals surface area contributed by atoms with Gasteiger partial charge in [-0.25, -0.2) is 20.8 Å². The zero-order chi connectivity index (χ0) is 15.5. The van der Waals surface area contributed by atoms with Crippen molar-refractivity contribution in [2.75, 3.05) is 17.3 Å². The van der Waals surface area contributed by atoms with Gasteiger partial charge in [0.2, 0.25) is 0 Å². The molecule has 0 saturated heterocycles. The summed E-state index contributed by atoms with van der Waals surface area (Å²) in [7, 11) is 0. The maximum Gasteiger partial charge on any atom is 0.145 e. The lowest BCUT2D eigenvalue weighted by Crippen LogP contribution is -2.20. The lowest BCUT2D eigenvalue weighted by atomic mass is 9.96. The Bertz CT molecular complexity index is 602. The number of nitrogens with two attached hydrogens (primary N) is 1. The van der Waals surface area contributed by atoms with E-state index < -0.39 is 0 Å². The monoisotopic (exact) mass is 306 g/mol. The number of anilines is 2. The van der Waals surface area contributed by atoms with E-state index in [2.05, 4.69) is 51.8 Å². The van der Waals surface area contributed by atoms with Crippen LogP contribution >= 0.6 is 11.3 Å². The summed E-state index contributed by atoms with van der Waals surface area (Å²) in [5.41, 5.74) is 3.53. The fourth-order valence-corrected chi connectivity index (χ4v) is 2.54. The van der Waals surface area contributed by atoms with Gasteiger partial charge in [-0.3, -0.25) is 0 Å². The van der Waals surface area contributed by atoms with Crippen molar-refractivity contribution in [2.45, 2.75) is 39.5 Å². The van der Waals surface area contributed by atoms with Gasteiger partial charge in [0.25, 0.3) is 0 Å². The van der Waals surface area contributed by atoms with Crippen molar-refractivity contribution in [3.05, 3.63) is 28.0 Å². The number of hydrogen-bond donors (Lipinski definition) is 3. The fourth-order valence-electron chi connectivity index (χ4n) is 1.76. The smallest absolute Gasteiger partial charge is 0.145 e. The minimum absolute atomic E-state index is 0.129. The summed E-state index contributed by atoms with van der Waals surface area (Å²) in [6.45, 7) is 9.00. The van der Waals surface area contributed by atoms with Crippen LogP contribution in [0.4, 0.5) is 11.6 Å². The molecule has 7 heteroatoms. The number of hydrogen-bond acceptors (Lipinski definition) is 7. The molecule has 0 saturated carbocycles. The van der Waals surface area contributed by atoms with Crippen molar-refractivity contribution < 1.29 is 0 Å². The van der Waals surface area contributed by atoms with Gasteiger partial charge in [0.1, 0.15) is 17.5 Å². The van der Waals surface area contributed by atoms with Crippen LogP contribution in [0, 0.1) is 6.92 Å². The molecule has 0 aliphatic carbocycles. The van der Waals surface area contributed by atoms with Crippen LogP contribution < -0.4 is 16.6 Å². The zero-order valence-corrected chi connectivity index (χ0v) is 13.7. The molecule has 0 fully saturated rings. The predicted molar refractivity (Wildman–Crippen MR) is 87.6 cm³/mol. The molecule has 0 unspecified atom stereocenters. The van der Waals surface area contributed by atoms with E-state index in [0.29, 0.717) is 5.82 Å². The predicted octanol–water partition coefficient (Wildman–Crippen LogP) is 2.48. The second-order valence-corrected chi connectivity index (χ2v) is 6.86. The number of thiazole rings is 1. The van der Waals surface area contributed by atoms with Crippen LogP contribution in [0.3, 0.4) is 0 Å². The second kappa shape index (κ2) is 6.36. The first-order valence-electron chi connectivity index (χ1n) is 6.89. The quantitative estimate of drug-likeness (QED) is 0.581. The van der Waals surface area contributed by atoms with Crippen LogP contribution in [0.5, 0.6) is 0 Å². The molecule has 2 aromatic heterocycles. The second-order valence-electron chi connectivity index (χ2n) is 5.92. The van der Waals surface area contributed by atoms with Gasteiger partial charge in [-0.05, 0) is 6.92 Å². The molecule has 0 bridgehead atoms. The number of rotatable bonds is 5. The Morgan fingerprint density at radius 2 is 1.90 bits per heavy atom. The van der Waals surface area contributed by atoms with Gasteiger partial charge in [-0.15, -0.1) is 11.3 Å². The molecule has 0 radical (unpaired) electrons. The summed E-state index contributed by atoms with van der Waals surface area (Å²) < 4.78 is 0.